The van der Waals surface area contributed by atoms with Crippen LogP contribution in [0.15, 0.2) is 87.8 Å². The summed E-state index contributed by atoms with van der Waals surface area (Å²) >= 11 is 0. The van der Waals surface area contributed by atoms with Crippen LogP contribution in [-0.4, -0.2) is 33.4 Å². The highest BCUT2D eigenvalue weighted by atomic mass is 32.2. The largest absolute Gasteiger partial charge is 0.363 e. The smallest absolute Gasteiger partial charge is 0.326 e. The topological polar surface area (TPSA) is 176 Å². The summed E-state index contributed by atoms with van der Waals surface area (Å²) < 4.78 is 25.8. The molecule has 7 N–H and O–H groups in total. The standard InChI is InChI=1S/C29H33N7O4S/c1-32-41(39,40)26-9-5-8-24(18-26)33-29(38)36(25-16-14-22(15-17-25)21-6-3-2-4-7-21)19-20-10-12-23(13-11-20)27(37)34-28(30)35-31/h5,8-18,21,31-32H,2-4,6-7,19H2,1H3,(H,33,38)(H2,30,34,37)/p+2. The fourth-order valence-corrected chi connectivity index (χ4v) is 5.68. The molecule has 4 rings (SSSR count). The number of nitrogens with one attached hydrogen (secondary N) is 1. The maximum atomic E-state index is 13.6. The number of nitrogens with two attached hydrogens (primary N) is 3. The van der Waals surface area contributed by atoms with Gasteiger partial charge >= 0.3 is 16.1 Å². The van der Waals surface area contributed by atoms with Crippen LogP contribution in [0.2, 0.25) is 0 Å². The Kier molecular flexibility index (Phi) is 9.58. The minimum atomic E-state index is -3.56. The van der Waals surface area contributed by atoms with E-state index in [2.05, 4.69) is 27.6 Å². The lowest BCUT2D eigenvalue weighted by Gasteiger charge is -2.26. The van der Waals surface area contributed by atoms with E-state index in [0.717, 1.165) is 23.1 Å². The molecule has 1 saturated carbocycles. The number of anilines is 2. The van der Waals surface area contributed by atoms with Crippen molar-refractivity contribution in [3.05, 3.63) is 89.5 Å². The molecule has 11 nitrogen and oxygen atoms in total. The third-order valence-corrected chi connectivity index (χ3v) is 8.67. The number of primary sulfonamides is 1. The Morgan fingerprint density at radius 3 is 2.34 bits per heavy atom. The van der Waals surface area contributed by atoms with Crippen molar-refractivity contribution >= 4 is 39.3 Å². The summed E-state index contributed by atoms with van der Waals surface area (Å²) in [6, 6.07) is 20.3. The number of aliphatic imine (C=N–C) groups is 1. The van der Waals surface area contributed by atoms with Gasteiger partial charge < -0.3 is 11.1 Å². The van der Waals surface area contributed by atoms with Crippen molar-refractivity contribution in [3.63, 3.8) is 0 Å². The molecule has 0 atom stereocenters. The zero-order valence-corrected chi connectivity index (χ0v) is 23.7. The summed E-state index contributed by atoms with van der Waals surface area (Å²) in [5.74, 6) is -0.392. The maximum absolute atomic E-state index is 13.6. The van der Waals surface area contributed by atoms with Crippen molar-refractivity contribution in [2.45, 2.75) is 49.5 Å². The molecule has 0 bridgehead atoms. The van der Waals surface area contributed by atoms with Gasteiger partial charge in [-0.1, -0.05) is 49.6 Å². The van der Waals surface area contributed by atoms with E-state index in [-0.39, 0.29) is 17.4 Å². The van der Waals surface area contributed by atoms with Gasteiger partial charge in [0.1, 0.15) is 4.90 Å². The van der Waals surface area contributed by atoms with Crippen LogP contribution in [-0.2, 0) is 16.6 Å². The van der Waals surface area contributed by atoms with E-state index >= 15 is 0 Å². The van der Waals surface area contributed by atoms with Crippen LogP contribution in [0.5, 0.6) is 0 Å². The van der Waals surface area contributed by atoms with Gasteiger partial charge in [-0.2, -0.15) is 13.4 Å². The number of nitrogens with zero attached hydrogens (tertiary/aromatic N) is 3. The second kappa shape index (κ2) is 13.3. The molecule has 1 fully saturated rings. The lowest BCUT2D eigenvalue weighted by atomic mass is 9.84. The highest BCUT2D eigenvalue weighted by Crippen LogP contribution is 2.33. The van der Waals surface area contributed by atoms with Gasteiger partial charge in [0.2, 0.25) is 0 Å². The summed E-state index contributed by atoms with van der Waals surface area (Å²) in [6.45, 7) is 0.188. The molecular formula is C29H35N7O4S+2. The number of urea groups is 1. The van der Waals surface area contributed by atoms with Crippen molar-refractivity contribution in [3.8, 4) is 0 Å². The molecule has 0 unspecified atom stereocenters. The molecule has 3 aromatic rings. The number of hydrogen-bond acceptors (Lipinski definition) is 4. The Morgan fingerprint density at radius 2 is 1.71 bits per heavy atom. The summed E-state index contributed by atoms with van der Waals surface area (Å²) in [4.78, 5) is 31.1. The third-order valence-electron chi connectivity index (χ3n) is 7.14. The van der Waals surface area contributed by atoms with Gasteiger partial charge in [-0.25, -0.2) is 9.52 Å². The Hall–Kier alpha value is -4.42. The first-order chi connectivity index (χ1) is 19.7. The first kappa shape index (κ1) is 29.6. The number of rotatable bonds is 8. The van der Waals surface area contributed by atoms with Crippen LogP contribution >= 0.6 is 0 Å². The molecule has 0 aliphatic heterocycles. The van der Waals surface area contributed by atoms with Crippen molar-refractivity contribution in [2.24, 2.45) is 15.8 Å². The van der Waals surface area contributed by atoms with Gasteiger partial charge in [-0.3, -0.25) is 9.69 Å². The first-order valence-electron chi connectivity index (χ1n) is 13.4. The van der Waals surface area contributed by atoms with E-state index in [9.17, 15) is 18.0 Å². The fourth-order valence-electron chi connectivity index (χ4n) is 4.85. The molecule has 0 aromatic heterocycles. The zero-order valence-electron chi connectivity index (χ0n) is 22.9. The number of quaternary nitrogens is 1. The van der Waals surface area contributed by atoms with Crippen LogP contribution in [0.25, 0.3) is 0 Å². The quantitative estimate of drug-likeness (QED) is 0.182. The summed E-state index contributed by atoms with van der Waals surface area (Å²) in [7, 11) is -2.11. The molecular weight excluding hydrogens is 542 g/mol. The van der Waals surface area contributed by atoms with Crippen LogP contribution in [0.3, 0.4) is 0 Å². The monoisotopic (exact) mass is 577 g/mol. The molecule has 41 heavy (non-hydrogen) atoms. The Morgan fingerprint density at radius 1 is 1.02 bits per heavy atom. The van der Waals surface area contributed by atoms with Crippen molar-refractivity contribution < 1.29 is 28.3 Å². The van der Waals surface area contributed by atoms with Crippen LogP contribution < -0.4 is 26.2 Å². The summed E-state index contributed by atoms with van der Waals surface area (Å²) in [5, 5.41) is 6.01. The van der Waals surface area contributed by atoms with Gasteiger partial charge in [-0.05, 0) is 72.4 Å². The average molecular weight is 578 g/mol. The normalized spacial score (nSPS) is 14.3. The lowest BCUT2D eigenvalue weighted by molar-refractivity contribution is -0.461. The van der Waals surface area contributed by atoms with Gasteiger partial charge in [0.05, 0.1) is 13.6 Å². The molecule has 1 aliphatic rings. The van der Waals surface area contributed by atoms with E-state index in [1.807, 2.05) is 12.1 Å². The Bertz CT molecular complexity index is 1530. The predicted molar refractivity (Wildman–Crippen MR) is 156 cm³/mol. The van der Waals surface area contributed by atoms with Crippen LogP contribution in [0.1, 0.15) is 59.5 Å². The number of carbonyl (C=O) groups excluding carboxylic acids is 2. The Labute approximate surface area is 239 Å². The molecule has 12 heteroatoms. The minimum Gasteiger partial charge on any atom is -0.363 e. The second-order valence-electron chi connectivity index (χ2n) is 9.85. The highest BCUT2D eigenvalue weighted by molar-refractivity contribution is 7.84. The SMILES string of the molecule is C[NH2+]S(=O)(=O)c1cccc(NC(=O)N(Cc2ccc(C(=O)N=C(N)N=[NH2+])cc2)c2ccc(C3CCCCC3)cc2)c1. The van der Waals surface area contributed by atoms with Crippen molar-refractivity contribution in [1.29, 1.82) is 0 Å². The van der Waals surface area contributed by atoms with E-state index in [0.29, 0.717) is 22.9 Å². The summed E-state index contributed by atoms with van der Waals surface area (Å²) in [6.07, 6.45) is 6.05. The van der Waals surface area contributed by atoms with Crippen molar-refractivity contribution in [2.75, 3.05) is 17.3 Å². The predicted octanol–water partition coefficient (Wildman–Crippen LogP) is 2.52. The van der Waals surface area contributed by atoms with E-state index < -0.39 is 22.0 Å². The van der Waals surface area contributed by atoms with Gasteiger partial charge in [0, 0.05) is 22.1 Å². The molecule has 0 heterocycles. The lowest BCUT2D eigenvalue weighted by Crippen LogP contribution is -2.82. The molecule has 3 amide bonds. The average Bonchev–Trinajstić information content (AvgIpc) is 3.00. The number of benzene rings is 3. The number of amides is 3. The Balaban J connectivity index is 1.60. The maximum Gasteiger partial charge on any atom is 0.326 e. The van der Waals surface area contributed by atoms with Crippen molar-refractivity contribution in [1.82, 2.24) is 0 Å². The van der Waals surface area contributed by atoms with Gasteiger partial charge in [-0.15, -0.1) is 5.53 Å². The minimum absolute atomic E-state index is 0.0900. The van der Waals surface area contributed by atoms with Gasteiger partial charge in [0.25, 0.3) is 11.9 Å². The number of hydrogen-bond donors (Lipinski definition) is 4. The summed E-state index contributed by atoms with van der Waals surface area (Å²) in [5.41, 5.74) is 13.8. The number of guanidine groups is 1. The van der Waals surface area contributed by atoms with E-state index in [1.54, 1.807) is 41.3 Å². The third kappa shape index (κ3) is 7.62. The zero-order chi connectivity index (χ0) is 29.4. The molecule has 0 saturated heterocycles. The highest BCUT2D eigenvalue weighted by Gasteiger charge is 2.21. The fraction of sp³-hybridized carbons (Fsp3) is 0.276. The van der Waals surface area contributed by atoms with Gasteiger partial charge in [0.15, 0.2) is 0 Å². The van der Waals surface area contributed by atoms with Crippen LogP contribution in [0.4, 0.5) is 16.2 Å². The second-order valence-corrected chi connectivity index (χ2v) is 11.9. The molecule has 214 valence electrons. The molecule has 0 spiro atoms. The first-order valence-corrected chi connectivity index (χ1v) is 15.0. The van der Waals surface area contributed by atoms with E-state index in [4.69, 9.17) is 11.3 Å². The van der Waals surface area contributed by atoms with Crippen LogP contribution in [0, 0.1) is 0 Å². The number of carbonyl (C=O) groups is 2. The molecule has 1 aliphatic carbocycles. The van der Waals surface area contributed by atoms with E-state index in [1.165, 1.54) is 44.0 Å². The molecule has 3 aromatic carbocycles. The number of sulfonamides is 1. The molecule has 0 radical (unpaired) electrons.